The predicted molar refractivity (Wildman–Crippen MR) is 111 cm³/mol. The average Bonchev–Trinajstić information content (AvgIpc) is 2.68. The Balaban J connectivity index is 1.46. The Morgan fingerprint density at radius 3 is 2.61 bits per heavy atom. The standard InChI is InChI=1S/C20H26N4O3S/c1-13(25)21-10-11-22-18(26)15-8-6-14(7-9-15)12-24-19(27)16-4-2-3-5-17(16)23-20(24)28/h2-5,14-16H,6-12H2,1H3,(H,21,25)(H,22,26). The van der Waals surface area contributed by atoms with E-state index in [-0.39, 0.29) is 29.6 Å². The lowest BCUT2D eigenvalue weighted by molar-refractivity contribution is -0.130. The van der Waals surface area contributed by atoms with Crippen LogP contribution in [0, 0.1) is 17.8 Å². The highest BCUT2D eigenvalue weighted by molar-refractivity contribution is 7.80. The molecule has 7 nitrogen and oxygen atoms in total. The van der Waals surface area contributed by atoms with Crippen LogP contribution in [0.15, 0.2) is 29.3 Å². The smallest absolute Gasteiger partial charge is 0.241 e. The van der Waals surface area contributed by atoms with Crippen molar-refractivity contribution in [2.45, 2.75) is 32.6 Å². The summed E-state index contributed by atoms with van der Waals surface area (Å²) in [5.41, 5.74) is 0.716. The highest BCUT2D eigenvalue weighted by Crippen LogP contribution is 2.31. The number of hydrogen-bond donors (Lipinski definition) is 2. The van der Waals surface area contributed by atoms with Crippen LogP contribution in [0.5, 0.6) is 0 Å². The molecule has 8 heteroatoms. The summed E-state index contributed by atoms with van der Waals surface area (Å²) >= 11 is 5.35. The second kappa shape index (κ2) is 9.23. The zero-order valence-electron chi connectivity index (χ0n) is 16.0. The molecular weight excluding hydrogens is 376 g/mol. The van der Waals surface area contributed by atoms with E-state index in [1.54, 1.807) is 4.90 Å². The fraction of sp³-hybridized carbons (Fsp3) is 0.550. The van der Waals surface area contributed by atoms with Crippen LogP contribution < -0.4 is 10.6 Å². The van der Waals surface area contributed by atoms with Gasteiger partial charge in [0.25, 0.3) is 0 Å². The van der Waals surface area contributed by atoms with Crippen LogP contribution >= 0.6 is 12.2 Å². The molecule has 0 aromatic heterocycles. The van der Waals surface area contributed by atoms with E-state index >= 15 is 0 Å². The van der Waals surface area contributed by atoms with E-state index in [9.17, 15) is 14.4 Å². The molecule has 0 aromatic rings. The second-order valence-corrected chi connectivity index (χ2v) is 7.85. The van der Waals surface area contributed by atoms with Crippen LogP contribution in [0.1, 0.15) is 32.6 Å². The molecule has 0 saturated heterocycles. The highest BCUT2D eigenvalue weighted by atomic mass is 32.1. The van der Waals surface area contributed by atoms with E-state index < -0.39 is 0 Å². The predicted octanol–water partition coefficient (Wildman–Crippen LogP) is 1.36. The number of carbonyl (C=O) groups excluding carboxylic acids is 3. The molecule has 1 fully saturated rings. The summed E-state index contributed by atoms with van der Waals surface area (Å²) in [6, 6.07) is 0. The quantitative estimate of drug-likeness (QED) is 0.518. The third kappa shape index (κ3) is 4.92. The molecule has 2 aliphatic carbocycles. The minimum Gasteiger partial charge on any atom is -0.355 e. The molecule has 0 aromatic carbocycles. The number of nitrogens with one attached hydrogen (secondary N) is 2. The number of amides is 3. The fourth-order valence-corrected chi connectivity index (χ4v) is 4.15. The van der Waals surface area contributed by atoms with E-state index in [1.807, 2.05) is 24.3 Å². The summed E-state index contributed by atoms with van der Waals surface area (Å²) in [4.78, 5) is 41.9. The first kappa shape index (κ1) is 20.4. The van der Waals surface area contributed by atoms with Gasteiger partial charge in [-0.1, -0.05) is 18.2 Å². The molecule has 1 heterocycles. The Hall–Kier alpha value is -2.35. The minimum atomic E-state index is -0.331. The second-order valence-electron chi connectivity index (χ2n) is 7.48. The molecule has 0 bridgehead atoms. The van der Waals surface area contributed by atoms with Gasteiger partial charge in [-0.25, -0.2) is 4.99 Å². The number of hydrogen-bond acceptors (Lipinski definition) is 4. The van der Waals surface area contributed by atoms with Gasteiger partial charge in [-0.3, -0.25) is 19.3 Å². The maximum Gasteiger partial charge on any atom is 0.241 e. The number of fused-ring (bicyclic) bond motifs is 1. The first-order valence-corrected chi connectivity index (χ1v) is 10.2. The van der Waals surface area contributed by atoms with Gasteiger partial charge < -0.3 is 10.6 Å². The molecule has 2 N–H and O–H groups in total. The number of carbonyl (C=O) groups is 3. The van der Waals surface area contributed by atoms with Crippen LogP contribution in [-0.2, 0) is 14.4 Å². The molecule has 3 rings (SSSR count). The number of rotatable bonds is 6. The van der Waals surface area contributed by atoms with E-state index in [0.29, 0.717) is 36.4 Å². The van der Waals surface area contributed by atoms with Crippen molar-refractivity contribution in [3.05, 3.63) is 24.3 Å². The summed E-state index contributed by atoms with van der Waals surface area (Å²) in [6.45, 7) is 2.91. The monoisotopic (exact) mass is 402 g/mol. The largest absolute Gasteiger partial charge is 0.355 e. The Bertz CT molecular complexity index is 751. The van der Waals surface area contributed by atoms with Gasteiger partial charge in [-0.15, -0.1) is 0 Å². The van der Waals surface area contributed by atoms with Gasteiger partial charge in [0.1, 0.15) is 0 Å². The van der Waals surface area contributed by atoms with Crippen LogP contribution in [0.4, 0.5) is 0 Å². The maximum atomic E-state index is 12.8. The van der Waals surface area contributed by atoms with Gasteiger partial charge in [-0.05, 0) is 49.9 Å². The lowest BCUT2D eigenvalue weighted by Gasteiger charge is -2.35. The Morgan fingerprint density at radius 2 is 1.89 bits per heavy atom. The maximum absolute atomic E-state index is 12.8. The average molecular weight is 403 g/mol. The van der Waals surface area contributed by atoms with Gasteiger partial charge in [0.2, 0.25) is 22.8 Å². The molecule has 0 spiro atoms. The van der Waals surface area contributed by atoms with Gasteiger partial charge in [0, 0.05) is 32.5 Å². The third-order valence-corrected chi connectivity index (χ3v) is 5.76. The van der Waals surface area contributed by atoms with Crippen LogP contribution in [0.25, 0.3) is 0 Å². The Morgan fingerprint density at radius 1 is 1.18 bits per heavy atom. The molecule has 1 aliphatic heterocycles. The molecule has 3 amide bonds. The van der Waals surface area contributed by atoms with Crippen molar-refractivity contribution in [3.63, 3.8) is 0 Å². The molecule has 1 unspecified atom stereocenters. The lowest BCUT2D eigenvalue weighted by Crippen LogP contribution is -2.48. The first-order valence-electron chi connectivity index (χ1n) is 9.76. The Labute approximate surface area is 170 Å². The number of nitrogens with zero attached hydrogens (tertiary/aromatic N) is 2. The summed E-state index contributed by atoms with van der Waals surface area (Å²) in [6.07, 6.45) is 10.8. The summed E-state index contributed by atoms with van der Waals surface area (Å²) in [7, 11) is 0. The van der Waals surface area contributed by atoms with Crippen LogP contribution in [0.3, 0.4) is 0 Å². The van der Waals surface area contributed by atoms with Crippen LogP contribution in [-0.4, -0.2) is 53.1 Å². The van der Waals surface area contributed by atoms with E-state index in [4.69, 9.17) is 12.2 Å². The number of allylic oxidation sites excluding steroid dienone is 3. The van der Waals surface area contributed by atoms with Crippen molar-refractivity contribution in [1.82, 2.24) is 15.5 Å². The van der Waals surface area contributed by atoms with Crippen molar-refractivity contribution in [1.29, 1.82) is 0 Å². The van der Waals surface area contributed by atoms with Crippen molar-refractivity contribution in [2.75, 3.05) is 19.6 Å². The topological polar surface area (TPSA) is 90.9 Å². The third-order valence-electron chi connectivity index (χ3n) is 5.44. The molecule has 0 radical (unpaired) electrons. The van der Waals surface area contributed by atoms with Crippen molar-refractivity contribution in [2.24, 2.45) is 22.7 Å². The van der Waals surface area contributed by atoms with E-state index in [1.165, 1.54) is 6.92 Å². The van der Waals surface area contributed by atoms with Gasteiger partial charge >= 0.3 is 0 Å². The normalized spacial score (nSPS) is 26.5. The molecule has 1 saturated carbocycles. The number of aliphatic imine (C=N–C) groups is 1. The fourth-order valence-electron chi connectivity index (χ4n) is 3.88. The Kier molecular flexibility index (Phi) is 6.72. The first-order chi connectivity index (χ1) is 13.5. The van der Waals surface area contributed by atoms with Gasteiger partial charge in [0.15, 0.2) is 0 Å². The summed E-state index contributed by atoms with van der Waals surface area (Å²) in [5.74, 6) is -0.0763. The number of thiocarbonyl (C=S) groups is 1. The molecular formula is C20H26N4O3S. The lowest BCUT2D eigenvalue weighted by atomic mass is 9.81. The van der Waals surface area contributed by atoms with Crippen molar-refractivity contribution >= 4 is 40.8 Å². The van der Waals surface area contributed by atoms with Crippen LogP contribution in [0.2, 0.25) is 0 Å². The highest BCUT2D eigenvalue weighted by Gasteiger charge is 2.36. The SMILES string of the molecule is CC(=O)NCCNC(=O)C1CCC(CN2C(=O)C3C=CC=CC3=NC2=S)CC1. The minimum absolute atomic E-state index is 0.00590. The van der Waals surface area contributed by atoms with E-state index in [0.717, 1.165) is 25.7 Å². The molecule has 3 aliphatic rings. The van der Waals surface area contributed by atoms with Crippen molar-refractivity contribution < 1.29 is 14.4 Å². The van der Waals surface area contributed by atoms with Crippen molar-refractivity contribution in [3.8, 4) is 0 Å². The van der Waals surface area contributed by atoms with E-state index in [2.05, 4.69) is 15.6 Å². The van der Waals surface area contributed by atoms with Gasteiger partial charge in [-0.2, -0.15) is 0 Å². The molecule has 28 heavy (non-hydrogen) atoms. The zero-order valence-corrected chi connectivity index (χ0v) is 16.8. The van der Waals surface area contributed by atoms with Gasteiger partial charge in [0.05, 0.1) is 11.6 Å². The summed E-state index contributed by atoms with van der Waals surface area (Å²) in [5, 5.41) is 5.88. The summed E-state index contributed by atoms with van der Waals surface area (Å²) < 4.78 is 0. The molecule has 150 valence electrons. The molecule has 1 atom stereocenters. The zero-order chi connectivity index (χ0) is 20.1.